The van der Waals surface area contributed by atoms with Crippen LogP contribution in [0.2, 0.25) is 0 Å². The fourth-order valence-electron chi connectivity index (χ4n) is 1.81. The number of nitrogens with one attached hydrogen (secondary N) is 1. The second-order valence-corrected chi connectivity index (χ2v) is 4.83. The number of nitrogens with zero attached hydrogens (tertiary/aromatic N) is 1. The third-order valence-corrected chi connectivity index (χ3v) is 2.94. The van der Waals surface area contributed by atoms with E-state index in [1.807, 2.05) is 19.9 Å². The van der Waals surface area contributed by atoms with Crippen LogP contribution in [-0.4, -0.2) is 33.8 Å². The van der Waals surface area contributed by atoms with Crippen molar-refractivity contribution in [3.05, 3.63) is 29.6 Å². The van der Waals surface area contributed by atoms with Gasteiger partial charge in [0, 0.05) is 13.5 Å². The summed E-state index contributed by atoms with van der Waals surface area (Å²) < 4.78 is 5.34. The highest BCUT2D eigenvalue weighted by Crippen LogP contribution is 2.20. The number of carboxylic acids is 1. The lowest BCUT2D eigenvalue weighted by molar-refractivity contribution is 0.0218. The molecule has 0 atom stereocenters. The molecular weight excluding hydrogens is 232 g/mol. The summed E-state index contributed by atoms with van der Waals surface area (Å²) in [6, 6.07) is 5.07. The Labute approximate surface area is 105 Å². The largest absolute Gasteiger partial charge is 0.478 e. The molecule has 5 nitrogen and oxygen atoms in total. The maximum atomic E-state index is 11.1. The number of fused-ring (bicyclic) bond motifs is 1. The normalized spacial score (nSPS) is 11.9. The summed E-state index contributed by atoms with van der Waals surface area (Å²) in [5.41, 5.74) is 1.10. The van der Waals surface area contributed by atoms with Crippen LogP contribution in [0.4, 0.5) is 0 Å². The number of para-hydroxylation sites is 1. The molecule has 96 valence electrons. The number of rotatable bonds is 4. The van der Waals surface area contributed by atoms with Crippen molar-refractivity contribution in [3.8, 4) is 0 Å². The predicted octanol–water partition coefficient (Wildman–Crippen LogP) is 2.23. The number of hydrogen-bond donors (Lipinski definition) is 2. The van der Waals surface area contributed by atoms with E-state index < -0.39 is 5.97 Å². The maximum Gasteiger partial charge on any atom is 0.337 e. The number of H-pyrrole nitrogens is 1. The fourth-order valence-corrected chi connectivity index (χ4v) is 1.81. The molecule has 2 rings (SSSR count). The topological polar surface area (TPSA) is 75.2 Å². The Morgan fingerprint density at radius 3 is 2.83 bits per heavy atom. The van der Waals surface area contributed by atoms with Gasteiger partial charge in [0.05, 0.1) is 16.7 Å². The number of ether oxygens (including phenoxy) is 1. The average Bonchev–Trinajstić information content (AvgIpc) is 2.69. The average molecular weight is 248 g/mol. The van der Waals surface area contributed by atoms with Gasteiger partial charge in [-0.3, -0.25) is 0 Å². The van der Waals surface area contributed by atoms with Crippen LogP contribution in [0.5, 0.6) is 0 Å². The van der Waals surface area contributed by atoms with Crippen LogP contribution in [0.25, 0.3) is 11.0 Å². The number of hydrogen-bond acceptors (Lipinski definition) is 3. The van der Waals surface area contributed by atoms with Gasteiger partial charge in [0.1, 0.15) is 11.3 Å². The second kappa shape index (κ2) is 4.42. The van der Waals surface area contributed by atoms with Crippen LogP contribution >= 0.6 is 0 Å². The maximum absolute atomic E-state index is 11.1. The minimum Gasteiger partial charge on any atom is -0.478 e. The number of benzene rings is 1. The van der Waals surface area contributed by atoms with E-state index in [2.05, 4.69) is 9.97 Å². The molecule has 0 amide bonds. The number of aromatic nitrogens is 2. The molecule has 18 heavy (non-hydrogen) atoms. The first kappa shape index (κ1) is 12.6. The zero-order valence-corrected chi connectivity index (χ0v) is 10.7. The van der Waals surface area contributed by atoms with Crippen molar-refractivity contribution in [2.75, 3.05) is 7.11 Å². The van der Waals surface area contributed by atoms with Gasteiger partial charge in [0.2, 0.25) is 0 Å². The minimum absolute atomic E-state index is 0.213. The minimum atomic E-state index is -0.968. The van der Waals surface area contributed by atoms with Crippen LogP contribution in [0.15, 0.2) is 18.2 Å². The Kier molecular flexibility index (Phi) is 3.09. The van der Waals surface area contributed by atoms with Crippen LogP contribution in [0.3, 0.4) is 0 Å². The van der Waals surface area contributed by atoms with E-state index in [4.69, 9.17) is 9.84 Å². The highest BCUT2D eigenvalue weighted by Gasteiger charge is 2.20. The molecule has 0 spiro atoms. The molecule has 1 heterocycles. The lowest BCUT2D eigenvalue weighted by Crippen LogP contribution is -2.26. The van der Waals surface area contributed by atoms with Gasteiger partial charge in [-0.2, -0.15) is 0 Å². The van der Waals surface area contributed by atoms with Crippen LogP contribution in [0.1, 0.15) is 30.0 Å². The molecular formula is C13H16N2O3. The van der Waals surface area contributed by atoms with E-state index in [1.165, 1.54) is 0 Å². The quantitative estimate of drug-likeness (QED) is 0.870. The zero-order chi connectivity index (χ0) is 13.3. The van der Waals surface area contributed by atoms with Gasteiger partial charge in [0.15, 0.2) is 0 Å². The van der Waals surface area contributed by atoms with Gasteiger partial charge in [-0.15, -0.1) is 0 Å². The Morgan fingerprint density at radius 1 is 1.50 bits per heavy atom. The first-order chi connectivity index (χ1) is 8.43. The zero-order valence-electron chi connectivity index (χ0n) is 10.7. The molecule has 0 aliphatic rings. The van der Waals surface area contributed by atoms with E-state index >= 15 is 0 Å². The summed E-state index contributed by atoms with van der Waals surface area (Å²) in [7, 11) is 1.64. The highest BCUT2D eigenvalue weighted by atomic mass is 16.5. The SMILES string of the molecule is COC(C)(C)Cc1nc2c(C(=O)O)cccc2[nH]1. The molecule has 0 fully saturated rings. The number of methoxy groups -OCH3 is 1. The highest BCUT2D eigenvalue weighted by molar-refractivity contribution is 6.00. The molecule has 2 N–H and O–H groups in total. The number of aromatic carboxylic acids is 1. The van der Waals surface area contributed by atoms with Crippen LogP contribution < -0.4 is 0 Å². The molecule has 0 bridgehead atoms. The Morgan fingerprint density at radius 2 is 2.22 bits per heavy atom. The van der Waals surface area contributed by atoms with Crippen molar-refractivity contribution >= 4 is 17.0 Å². The molecule has 2 aromatic rings. The number of aromatic amines is 1. The number of carbonyl (C=O) groups is 1. The lowest BCUT2D eigenvalue weighted by Gasteiger charge is -2.21. The molecule has 0 radical (unpaired) electrons. The Balaban J connectivity index is 2.45. The molecule has 1 aromatic carbocycles. The van der Waals surface area contributed by atoms with Crippen molar-refractivity contribution in [2.45, 2.75) is 25.9 Å². The summed E-state index contributed by atoms with van der Waals surface area (Å²) in [5, 5.41) is 9.09. The molecule has 1 aromatic heterocycles. The van der Waals surface area contributed by atoms with Crippen molar-refractivity contribution < 1.29 is 14.6 Å². The van der Waals surface area contributed by atoms with Gasteiger partial charge in [0.25, 0.3) is 0 Å². The number of imidazole rings is 1. The third kappa shape index (κ3) is 2.36. The van der Waals surface area contributed by atoms with Gasteiger partial charge in [-0.1, -0.05) is 6.07 Å². The third-order valence-electron chi connectivity index (χ3n) is 2.94. The molecule has 0 saturated heterocycles. The molecule has 0 aliphatic heterocycles. The molecule has 0 unspecified atom stereocenters. The van der Waals surface area contributed by atoms with Crippen LogP contribution in [0, 0.1) is 0 Å². The van der Waals surface area contributed by atoms with E-state index in [1.54, 1.807) is 19.2 Å². The first-order valence-corrected chi connectivity index (χ1v) is 5.69. The van der Waals surface area contributed by atoms with E-state index in [-0.39, 0.29) is 11.2 Å². The monoisotopic (exact) mass is 248 g/mol. The first-order valence-electron chi connectivity index (χ1n) is 5.69. The van der Waals surface area contributed by atoms with Gasteiger partial charge >= 0.3 is 5.97 Å². The Hall–Kier alpha value is -1.88. The van der Waals surface area contributed by atoms with Crippen molar-refractivity contribution in [3.63, 3.8) is 0 Å². The summed E-state index contributed by atoms with van der Waals surface area (Å²) in [4.78, 5) is 18.6. The molecule has 0 aliphatic carbocycles. The van der Waals surface area contributed by atoms with Crippen molar-refractivity contribution in [1.82, 2.24) is 9.97 Å². The summed E-state index contributed by atoms with van der Waals surface area (Å²) in [5.74, 6) is -0.241. The lowest BCUT2D eigenvalue weighted by atomic mass is 10.1. The van der Waals surface area contributed by atoms with Crippen LogP contribution in [-0.2, 0) is 11.2 Å². The van der Waals surface area contributed by atoms with Crippen molar-refractivity contribution in [2.24, 2.45) is 0 Å². The van der Waals surface area contributed by atoms with E-state index in [0.29, 0.717) is 11.9 Å². The van der Waals surface area contributed by atoms with Crippen molar-refractivity contribution in [1.29, 1.82) is 0 Å². The molecule has 0 saturated carbocycles. The van der Waals surface area contributed by atoms with Gasteiger partial charge < -0.3 is 14.8 Å². The van der Waals surface area contributed by atoms with Gasteiger partial charge in [-0.25, -0.2) is 9.78 Å². The molecule has 5 heteroatoms. The summed E-state index contributed by atoms with van der Waals surface area (Å²) in [6.07, 6.45) is 0.594. The number of carboxylic acid groups (broad SMARTS) is 1. The van der Waals surface area contributed by atoms with E-state index in [9.17, 15) is 4.79 Å². The summed E-state index contributed by atoms with van der Waals surface area (Å²) in [6.45, 7) is 3.91. The van der Waals surface area contributed by atoms with E-state index in [0.717, 1.165) is 11.3 Å². The smallest absolute Gasteiger partial charge is 0.337 e. The second-order valence-electron chi connectivity index (χ2n) is 4.83. The Bertz CT molecular complexity index is 587. The van der Waals surface area contributed by atoms with Gasteiger partial charge in [-0.05, 0) is 26.0 Å². The summed E-state index contributed by atoms with van der Waals surface area (Å²) >= 11 is 0. The standard InChI is InChI=1S/C13H16N2O3/c1-13(2,18-3)7-10-14-9-6-4-5-8(12(16)17)11(9)15-10/h4-6H,7H2,1-3H3,(H,14,15)(H,16,17). The fraction of sp³-hybridized carbons (Fsp3) is 0.385. The predicted molar refractivity (Wildman–Crippen MR) is 67.8 cm³/mol.